The zero-order valence-corrected chi connectivity index (χ0v) is 13.2. The molecule has 0 aromatic rings. The summed E-state index contributed by atoms with van der Waals surface area (Å²) in [6.45, 7) is 9.72. The Labute approximate surface area is 117 Å². The first-order valence-electron chi connectivity index (χ1n) is 7.64. The zero-order valence-electron chi connectivity index (χ0n) is 12.4. The van der Waals surface area contributed by atoms with Gasteiger partial charge in [0.2, 0.25) is 0 Å². The molecular weight excluding hydrogens is 240 g/mol. The van der Waals surface area contributed by atoms with Gasteiger partial charge in [0.1, 0.15) is 0 Å². The van der Waals surface area contributed by atoms with E-state index in [1.165, 1.54) is 64.7 Å². The second-order valence-electron chi connectivity index (χ2n) is 6.50. The van der Waals surface area contributed by atoms with Gasteiger partial charge >= 0.3 is 0 Å². The fourth-order valence-electron chi connectivity index (χ4n) is 3.55. The summed E-state index contributed by atoms with van der Waals surface area (Å²) in [4.78, 5) is 2.74. The Morgan fingerprint density at radius 1 is 1.22 bits per heavy atom. The van der Waals surface area contributed by atoms with E-state index in [2.05, 4.69) is 42.1 Å². The van der Waals surface area contributed by atoms with E-state index >= 15 is 0 Å². The third-order valence-corrected chi connectivity index (χ3v) is 6.42. The van der Waals surface area contributed by atoms with Gasteiger partial charge < -0.3 is 10.2 Å². The van der Waals surface area contributed by atoms with Crippen LogP contribution in [0.2, 0.25) is 0 Å². The van der Waals surface area contributed by atoms with Gasteiger partial charge in [-0.05, 0) is 52.0 Å². The van der Waals surface area contributed by atoms with Crippen LogP contribution in [0.25, 0.3) is 0 Å². The lowest BCUT2D eigenvalue weighted by atomic mass is 9.97. The maximum atomic E-state index is 3.74. The van der Waals surface area contributed by atoms with Gasteiger partial charge in [0.15, 0.2) is 0 Å². The average Bonchev–Trinajstić information content (AvgIpc) is 2.75. The van der Waals surface area contributed by atoms with Gasteiger partial charge in [0, 0.05) is 23.4 Å². The molecule has 1 N–H and O–H groups in total. The van der Waals surface area contributed by atoms with E-state index in [1.54, 1.807) is 0 Å². The molecule has 1 atom stereocenters. The van der Waals surface area contributed by atoms with Gasteiger partial charge in [0.05, 0.1) is 0 Å². The largest absolute Gasteiger partial charge is 0.310 e. The van der Waals surface area contributed by atoms with Crippen LogP contribution in [0.3, 0.4) is 0 Å². The second-order valence-corrected chi connectivity index (χ2v) is 7.77. The lowest BCUT2D eigenvalue weighted by molar-refractivity contribution is 0.198. The highest BCUT2D eigenvalue weighted by Crippen LogP contribution is 2.41. The standard InChI is InChI=1S/C15H30N2S/c1-4-14(2)12-17(11-7-10-16-14)13-15(18-3)8-5-6-9-15/h16H,4-13H2,1-3H3. The summed E-state index contributed by atoms with van der Waals surface area (Å²) < 4.78 is 0.568. The molecule has 0 amide bonds. The van der Waals surface area contributed by atoms with Crippen molar-refractivity contribution in [3.63, 3.8) is 0 Å². The van der Waals surface area contributed by atoms with E-state index in [9.17, 15) is 0 Å². The molecule has 1 saturated heterocycles. The molecule has 2 rings (SSSR count). The Morgan fingerprint density at radius 3 is 2.56 bits per heavy atom. The second kappa shape index (κ2) is 6.15. The molecule has 1 aliphatic carbocycles. The third kappa shape index (κ3) is 3.43. The van der Waals surface area contributed by atoms with Crippen molar-refractivity contribution >= 4 is 11.8 Å². The Hall–Kier alpha value is 0.270. The van der Waals surface area contributed by atoms with Gasteiger partial charge in [-0.3, -0.25) is 0 Å². The molecule has 1 heterocycles. The van der Waals surface area contributed by atoms with Crippen LogP contribution < -0.4 is 5.32 Å². The van der Waals surface area contributed by atoms with Gasteiger partial charge in [-0.25, -0.2) is 0 Å². The molecule has 0 radical (unpaired) electrons. The van der Waals surface area contributed by atoms with E-state index in [0.717, 1.165) is 0 Å². The predicted molar refractivity (Wildman–Crippen MR) is 82.5 cm³/mol. The van der Waals surface area contributed by atoms with Crippen LogP contribution in [0.15, 0.2) is 0 Å². The van der Waals surface area contributed by atoms with Gasteiger partial charge in [-0.15, -0.1) is 0 Å². The summed E-state index contributed by atoms with van der Waals surface area (Å²) >= 11 is 2.13. The lowest BCUT2D eigenvalue weighted by Gasteiger charge is -2.38. The molecule has 1 saturated carbocycles. The molecule has 2 nitrogen and oxygen atoms in total. The Kier molecular flexibility index (Phi) is 5.01. The van der Waals surface area contributed by atoms with Crippen molar-refractivity contribution in [1.82, 2.24) is 10.2 Å². The molecular formula is C15H30N2S. The quantitative estimate of drug-likeness (QED) is 0.845. The molecule has 0 aromatic heterocycles. The first-order valence-corrected chi connectivity index (χ1v) is 8.86. The molecule has 2 aliphatic rings. The predicted octanol–water partition coefficient (Wildman–Crippen LogP) is 3.13. The SMILES string of the molecule is CCC1(C)CN(CC2(SC)CCCC2)CCCN1. The highest BCUT2D eigenvalue weighted by Gasteiger charge is 2.37. The van der Waals surface area contributed by atoms with E-state index in [4.69, 9.17) is 0 Å². The van der Waals surface area contributed by atoms with Crippen LogP contribution in [0, 0.1) is 0 Å². The minimum atomic E-state index is 0.328. The van der Waals surface area contributed by atoms with Crippen molar-refractivity contribution in [1.29, 1.82) is 0 Å². The van der Waals surface area contributed by atoms with E-state index < -0.39 is 0 Å². The van der Waals surface area contributed by atoms with E-state index in [1.807, 2.05) is 0 Å². The third-order valence-electron chi connectivity index (χ3n) is 5.02. The van der Waals surface area contributed by atoms with Crippen molar-refractivity contribution in [3.8, 4) is 0 Å². The number of rotatable bonds is 4. The van der Waals surface area contributed by atoms with Crippen molar-refractivity contribution in [3.05, 3.63) is 0 Å². The molecule has 18 heavy (non-hydrogen) atoms. The number of nitrogens with zero attached hydrogens (tertiary/aromatic N) is 1. The Bertz CT molecular complexity index is 263. The molecule has 2 fully saturated rings. The van der Waals surface area contributed by atoms with Crippen LogP contribution in [0.1, 0.15) is 52.4 Å². The molecule has 1 aliphatic heterocycles. The monoisotopic (exact) mass is 270 g/mol. The normalized spacial score (nSPS) is 33.5. The summed E-state index contributed by atoms with van der Waals surface area (Å²) in [6, 6.07) is 0. The summed E-state index contributed by atoms with van der Waals surface area (Å²) in [5.41, 5.74) is 0.328. The molecule has 106 valence electrons. The minimum Gasteiger partial charge on any atom is -0.310 e. The molecule has 1 unspecified atom stereocenters. The van der Waals surface area contributed by atoms with Crippen LogP contribution in [-0.2, 0) is 0 Å². The number of hydrogen-bond donors (Lipinski definition) is 1. The average molecular weight is 270 g/mol. The van der Waals surface area contributed by atoms with Crippen LogP contribution in [-0.4, -0.2) is 47.6 Å². The topological polar surface area (TPSA) is 15.3 Å². The summed E-state index contributed by atoms with van der Waals surface area (Å²) in [6.07, 6.45) is 10.6. The fraction of sp³-hybridized carbons (Fsp3) is 1.00. The van der Waals surface area contributed by atoms with Gasteiger partial charge in [-0.1, -0.05) is 19.8 Å². The van der Waals surface area contributed by atoms with Gasteiger partial charge in [0.25, 0.3) is 0 Å². The minimum absolute atomic E-state index is 0.328. The summed E-state index contributed by atoms with van der Waals surface area (Å²) in [5.74, 6) is 0. The lowest BCUT2D eigenvalue weighted by Crippen LogP contribution is -2.50. The molecule has 0 spiro atoms. The molecule has 0 bridgehead atoms. The maximum Gasteiger partial charge on any atom is 0.0284 e. The maximum absolute atomic E-state index is 3.74. The first kappa shape index (κ1) is 14.7. The number of hydrogen-bond acceptors (Lipinski definition) is 3. The highest BCUT2D eigenvalue weighted by atomic mass is 32.2. The van der Waals surface area contributed by atoms with Crippen molar-refractivity contribution in [2.45, 2.75) is 62.7 Å². The first-order chi connectivity index (χ1) is 8.61. The Balaban J connectivity index is 1.98. The van der Waals surface area contributed by atoms with E-state index in [-0.39, 0.29) is 0 Å². The Morgan fingerprint density at radius 2 is 1.94 bits per heavy atom. The van der Waals surface area contributed by atoms with Crippen LogP contribution in [0.5, 0.6) is 0 Å². The smallest absolute Gasteiger partial charge is 0.0284 e. The van der Waals surface area contributed by atoms with Crippen LogP contribution in [0.4, 0.5) is 0 Å². The van der Waals surface area contributed by atoms with E-state index in [0.29, 0.717) is 10.3 Å². The zero-order chi connectivity index (χ0) is 13.1. The summed E-state index contributed by atoms with van der Waals surface area (Å²) in [5, 5.41) is 3.74. The number of nitrogens with one attached hydrogen (secondary N) is 1. The fourth-order valence-corrected chi connectivity index (χ4v) is 4.56. The van der Waals surface area contributed by atoms with Crippen molar-refractivity contribution in [2.75, 3.05) is 32.4 Å². The number of thioether (sulfide) groups is 1. The summed E-state index contributed by atoms with van der Waals surface area (Å²) in [7, 11) is 0. The van der Waals surface area contributed by atoms with Crippen molar-refractivity contribution in [2.24, 2.45) is 0 Å². The molecule has 3 heteroatoms. The van der Waals surface area contributed by atoms with Crippen molar-refractivity contribution < 1.29 is 0 Å². The highest BCUT2D eigenvalue weighted by molar-refractivity contribution is 8.00. The van der Waals surface area contributed by atoms with Gasteiger partial charge in [-0.2, -0.15) is 11.8 Å². The molecule has 0 aromatic carbocycles. The van der Waals surface area contributed by atoms with Crippen LogP contribution >= 0.6 is 11.8 Å².